The van der Waals surface area contributed by atoms with Gasteiger partial charge in [-0.25, -0.2) is 4.39 Å². The van der Waals surface area contributed by atoms with Crippen molar-refractivity contribution in [2.45, 2.75) is 128 Å². The van der Waals surface area contributed by atoms with Gasteiger partial charge >= 0.3 is 0 Å². The van der Waals surface area contributed by atoms with Crippen molar-refractivity contribution >= 4 is 5.78 Å². The van der Waals surface area contributed by atoms with Crippen molar-refractivity contribution in [1.82, 2.24) is 4.90 Å². The summed E-state index contributed by atoms with van der Waals surface area (Å²) in [6, 6.07) is 14.6. The fourth-order valence-corrected chi connectivity index (χ4v) is 7.04. The van der Waals surface area contributed by atoms with Crippen molar-refractivity contribution in [1.29, 1.82) is 5.26 Å². The van der Waals surface area contributed by atoms with E-state index in [1.807, 2.05) is 18.2 Å². The zero-order chi connectivity index (χ0) is 33.0. The third-order valence-electron chi connectivity index (χ3n) is 10.0. The van der Waals surface area contributed by atoms with Crippen LogP contribution >= 0.6 is 0 Å². The normalized spacial score (nSPS) is 15.3. The summed E-state index contributed by atoms with van der Waals surface area (Å²) in [5.41, 5.74) is 1.03. The summed E-state index contributed by atoms with van der Waals surface area (Å²) in [5.74, 6) is 1.13. The average molecular weight is 635 g/mol. The zero-order valence-electron chi connectivity index (χ0n) is 29.0. The smallest absolute Gasteiger partial charge is 0.166 e. The molecule has 0 radical (unpaired) electrons. The molecular weight excluding hydrogens is 575 g/mol. The molecule has 0 bridgehead atoms. The number of halogens is 1. The third-order valence-corrected chi connectivity index (χ3v) is 10.0. The van der Waals surface area contributed by atoms with Gasteiger partial charge in [-0.1, -0.05) is 96.5 Å². The van der Waals surface area contributed by atoms with Crippen LogP contribution in [-0.4, -0.2) is 44.5 Å². The van der Waals surface area contributed by atoms with Gasteiger partial charge in [-0.3, -0.25) is 4.79 Å². The Hall–Kier alpha value is -2.91. The molecule has 1 unspecified atom stereocenters. The molecule has 46 heavy (non-hydrogen) atoms. The maximum absolute atomic E-state index is 13.3. The van der Waals surface area contributed by atoms with Gasteiger partial charge in [-0.2, -0.15) is 5.26 Å². The maximum atomic E-state index is 13.3. The molecule has 1 aliphatic heterocycles. The molecule has 2 aromatic carbocycles. The van der Waals surface area contributed by atoms with Crippen molar-refractivity contribution in [3.8, 4) is 17.6 Å². The lowest BCUT2D eigenvalue weighted by Gasteiger charge is -2.33. The van der Waals surface area contributed by atoms with Crippen LogP contribution in [0.5, 0.6) is 11.5 Å². The van der Waals surface area contributed by atoms with Crippen molar-refractivity contribution in [2.24, 2.45) is 5.92 Å². The fraction of sp³-hybridized carbons (Fsp3) is 0.650. The molecule has 2 aromatic rings. The maximum Gasteiger partial charge on any atom is 0.166 e. The fourth-order valence-electron chi connectivity index (χ4n) is 7.04. The molecule has 0 amide bonds. The molecule has 1 heterocycles. The number of methoxy groups -OCH3 is 2. The topological polar surface area (TPSA) is 62.6 Å². The minimum Gasteiger partial charge on any atom is -0.493 e. The largest absolute Gasteiger partial charge is 0.493 e. The quantitative estimate of drug-likeness (QED) is 0.0899. The Bertz CT molecular complexity index is 1190. The summed E-state index contributed by atoms with van der Waals surface area (Å²) in [5, 5.41) is 10.7. The van der Waals surface area contributed by atoms with Crippen LogP contribution in [0.25, 0.3) is 0 Å². The van der Waals surface area contributed by atoms with Crippen LogP contribution in [0.15, 0.2) is 42.5 Å². The first-order valence-corrected chi connectivity index (χ1v) is 18.1. The molecule has 0 N–H and O–H groups in total. The molecule has 1 fully saturated rings. The molecular formula is C40H59FN2O3. The number of ether oxygens (including phenoxy) is 2. The molecule has 5 nitrogen and oxygen atoms in total. The number of carbonyl (C=O) groups is 1. The summed E-state index contributed by atoms with van der Waals surface area (Å²) in [7, 11) is 3.28. The monoisotopic (exact) mass is 634 g/mol. The van der Waals surface area contributed by atoms with E-state index in [4.69, 9.17) is 9.47 Å². The van der Waals surface area contributed by atoms with Gasteiger partial charge in [0.1, 0.15) is 5.82 Å². The summed E-state index contributed by atoms with van der Waals surface area (Å²) < 4.78 is 24.4. The predicted octanol–water partition coefficient (Wildman–Crippen LogP) is 10.5. The van der Waals surface area contributed by atoms with Gasteiger partial charge < -0.3 is 14.4 Å². The number of likely N-dealkylation sites (tertiary alicyclic amines) is 1. The Balaban J connectivity index is 1.48. The van der Waals surface area contributed by atoms with E-state index in [1.54, 1.807) is 26.4 Å². The summed E-state index contributed by atoms with van der Waals surface area (Å²) >= 11 is 0. The van der Waals surface area contributed by atoms with Crippen molar-refractivity contribution < 1.29 is 18.7 Å². The Morgan fingerprint density at radius 3 is 1.89 bits per heavy atom. The predicted molar refractivity (Wildman–Crippen MR) is 186 cm³/mol. The van der Waals surface area contributed by atoms with Crippen LogP contribution in [0.3, 0.4) is 0 Å². The van der Waals surface area contributed by atoms with E-state index in [9.17, 15) is 14.4 Å². The summed E-state index contributed by atoms with van der Waals surface area (Å²) in [6.07, 6.45) is 21.2. The molecule has 3 rings (SSSR count). The lowest BCUT2D eigenvalue weighted by molar-refractivity contribution is 0.0838. The van der Waals surface area contributed by atoms with Crippen molar-refractivity contribution in [2.75, 3.05) is 33.9 Å². The van der Waals surface area contributed by atoms with Gasteiger partial charge in [0.15, 0.2) is 17.3 Å². The average Bonchev–Trinajstić information content (AvgIpc) is 3.09. The number of hydrogen-bond acceptors (Lipinski definition) is 5. The van der Waals surface area contributed by atoms with Crippen LogP contribution in [-0.2, 0) is 5.41 Å². The number of rotatable bonds is 23. The van der Waals surface area contributed by atoms with Crippen LogP contribution in [0.1, 0.15) is 138 Å². The lowest BCUT2D eigenvalue weighted by atomic mass is 9.74. The van der Waals surface area contributed by atoms with E-state index >= 15 is 0 Å². The number of ketones is 1. The number of carbonyl (C=O) groups excluding carboxylic acids is 1. The zero-order valence-corrected chi connectivity index (χ0v) is 29.0. The number of hydrogen-bond donors (Lipinski definition) is 0. The highest BCUT2D eigenvalue weighted by atomic mass is 19.1. The third kappa shape index (κ3) is 12.0. The van der Waals surface area contributed by atoms with Crippen LogP contribution in [0.4, 0.5) is 4.39 Å². The van der Waals surface area contributed by atoms with E-state index < -0.39 is 5.41 Å². The van der Waals surface area contributed by atoms with Crippen LogP contribution < -0.4 is 9.47 Å². The number of nitrogens with zero attached hydrogens (tertiary/aromatic N) is 2. The van der Waals surface area contributed by atoms with Gasteiger partial charge in [-0.15, -0.1) is 0 Å². The Morgan fingerprint density at radius 1 is 0.804 bits per heavy atom. The molecule has 1 saturated heterocycles. The number of unbranched alkanes of at least 4 members (excludes halogenated alkanes) is 12. The highest BCUT2D eigenvalue weighted by molar-refractivity contribution is 5.97. The number of Topliss-reactive ketones (excluding diaryl/α,β-unsaturated/α-hetero) is 1. The van der Waals surface area contributed by atoms with Gasteiger partial charge in [0, 0.05) is 11.5 Å². The molecule has 1 aliphatic rings. The molecule has 0 saturated carbocycles. The van der Waals surface area contributed by atoms with Crippen LogP contribution in [0, 0.1) is 23.1 Å². The molecule has 1 atom stereocenters. The first-order valence-electron chi connectivity index (χ1n) is 18.1. The SMILES string of the molecule is CCCCCCCCCCCCCCCC(C#N)(CCCN1CCC(C(=O)c2ccc(F)cc2)CC1)c1ccc(OC)c(OC)c1. The molecule has 254 valence electrons. The van der Waals surface area contributed by atoms with E-state index in [0.717, 1.165) is 70.1 Å². The molecule has 6 heteroatoms. The number of piperidine rings is 1. The second kappa shape index (κ2) is 21.1. The van der Waals surface area contributed by atoms with E-state index in [0.29, 0.717) is 17.1 Å². The lowest BCUT2D eigenvalue weighted by Crippen LogP contribution is -2.37. The highest BCUT2D eigenvalue weighted by Gasteiger charge is 2.33. The molecule has 0 aromatic heterocycles. The van der Waals surface area contributed by atoms with Gasteiger partial charge in [0.25, 0.3) is 0 Å². The van der Waals surface area contributed by atoms with E-state index in [1.165, 1.54) is 82.8 Å². The van der Waals surface area contributed by atoms with Gasteiger partial charge in [0.05, 0.1) is 25.7 Å². The molecule has 0 spiro atoms. The Kier molecular flexibility index (Phi) is 17.2. The first-order chi connectivity index (χ1) is 22.5. The van der Waals surface area contributed by atoms with Gasteiger partial charge in [0.2, 0.25) is 0 Å². The Morgan fingerprint density at radius 2 is 1.35 bits per heavy atom. The highest BCUT2D eigenvalue weighted by Crippen LogP contribution is 2.39. The second-order valence-corrected chi connectivity index (χ2v) is 13.3. The van der Waals surface area contributed by atoms with Crippen molar-refractivity contribution in [3.05, 3.63) is 59.4 Å². The van der Waals surface area contributed by atoms with E-state index in [-0.39, 0.29) is 17.5 Å². The first kappa shape index (κ1) is 37.5. The number of benzene rings is 2. The van der Waals surface area contributed by atoms with Gasteiger partial charge in [-0.05, 0) is 93.7 Å². The second-order valence-electron chi connectivity index (χ2n) is 13.3. The minimum atomic E-state index is -0.575. The number of nitriles is 1. The Labute approximate surface area is 278 Å². The summed E-state index contributed by atoms with van der Waals surface area (Å²) in [4.78, 5) is 15.4. The van der Waals surface area contributed by atoms with E-state index in [2.05, 4.69) is 17.9 Å². The minimum absolute atomic E-state index is 0.0118. The van der Waals surface area contributed by atoms with Crippen molar-refractivity contribution in [3.63, 3.8) is 0 Å². The molecule has 0 aliphatic carbocycles. The summed E-state index contributed by atoms with van der Waals surface area (Å²) in [6.45, 7) is 4.92. The van der Waals surface area contributed by atoms with Crippen LogP contribution in [0.2, 0.25) is 0 Å². The standard InChI is InChI=1S/C40H59FN2O3/c1-4-5-6-7-8-9-10-11-12-13-14-15-16-26-40(32-42,35-20-23-37(45-2)38(31-35)46-3)27-17-28-43-29-24-34(25-30-43)39(44)33-18-21-36(41)22-19-33/h18-23,31,34H,4-17,24-30H2,1-3H3.